The summed E-state index contributed by atoms with van der Waals surface area (Å²) in [6.07, 6.45) is 1.09. The van der Waals surface area contributed by atoms with Crippen LogP contribution < -0.4 is 14.8 Å². The van der Waals surface area contributed by atoms with Crippen molar-refractivity contribution in [2.75, 3.05) is 13.7 Å². The van der Waals surface area contributed by atoms with Crippen LogP contribution in [0.25, 0.3) is 0 Å². The molecule has 158 valence electrons. The number of ether oxygens (including phenoxy) is 2. The number of nitrogens with one attached hydrogen (secondary N) is 1. The third kappa shape index (κ3) is 6.33. The van der Waals surface area contributed by atoms with Gasteiger partial charge in [-0.15, -0.1) is 0 Å². The van der Waals surface area contributed by atoms with E-state index in [0.29, 0.717) is 0 Å². The molecule has 3 aromatic carbocycles. The molecule has 30 heavy (non-hydrogen) atoms. The lowest BCUT2D eigenvalue weighted by molar-refractivity contribution is 0.242. The molecule has 1 N–H and O–H groups in total. The largest absolute Gasteiger partial charge is 0.497 e. The summed E-state index contributed by atoms with van der Waals surface area (Å²) in [4.78, 5) is 0. The summed E-state index contributed by atoms with van der Waals surface area (Å²) < 4.78 is 24.4. The van der Waals surface area contributed by atoms with Crippen LogP contribution in [0.15, 0.2) is 72.8 Å². The highest BCUT2D eigenvalue weighted by Gasteiger charge is 2.14. The standard InChI is InChI=1S/C26H30FNO2/c1-19(2)30-25-12-4-20(5-13-25)18-28-17-16-26(21-6-10-23(27)11-7-21)22-8-14-24(29-3)15-9-22/h4-15,19,26,28H,16-18H2,1-3H3. The number of benzene rings is 3. The van der Waals surface area contributed by atoms with Gasteiger partial charge in [-0.25, -0.2) is 4.39 Å². The number of hydrogen-bond acceptors (Lipinski definition) is 3. The van der Waals surface area contributed by atoms with Gasteiger partial charge in [0.1, 0.15) is 17.3 Å². The molecule has 1 atom stereocenters. The molecule has 3 nitrogen and oxygen atoms in total. The van der Waals surface area contributed by atoms with Gasteiger partial charge in [-0.1, -0.05) is 36.4 Å². The molecule has 3 rings (SSSR count). The average molecular weight is 408 g/mol. The van der Waals surface area contributed by atoms with Crippen molar-refractivity contribution in [2.45, 2.75) is 38.8 Å². The molecule has 0 saturated heterocycles. The Morgan fingerprint density at radius 3 is 1.93 bits per heavy atom. The Morgan fingerprint density at radius 2 is 1.37 bits per heavy atom. The fraction of sp³-hybridized carbons (Fsp3) is 0.308. The van der Waals surface area contributed by atoms with Crippen LogP contribution in [0.3, 0.4) is 0 Å². The molecule has 1 unspecified atom stereocenters. The zero-order valence-electron chi connectivity index (χ0n) is 17.9. The lowest BCUT2D eigenvalue weighted by atomic mass is 9.88. The quantitative estimate of drug-likeness (QED) is 0.422. The molecule has 0 fully saturated rings. The lowest BCUT2D eigenvalue weighted by Gasteiger charge is -2.19. The zero-order chi connectivity index (χ0) is 21.3. The van der Waals surface area contributed by atoms with E-state index in [1.165, 1.54) is 23.3 Å². The second kappa shape index (κ2) is 10.8. The van der Waals surface area contributed by atoms with E-state index in [0.717, 1.165) is 36.6 Å². The van der Waals surface area contributed by atoms with E-state index >= 15 is 0 Å². The maximum Gasteiger partial charge on any atom is 0.123 e. The van der Waals surface area contributed by atoms with Crippen LogP contribution in [0.1, 0.15) is 42.9 Å². The van der Waals surface area contributed by atoms with Gasteiger partial charge in [-0.2, -0.15) is 0 Å². The second-order valence-corrected chi connectivity index (χ2v) is 7.65. The van der Waals surface area contributed by atoms with Crippen LogP contribution in [-0.2, 0) is 6.54 Å². The fourth-order valence-corrected chi connectivity index (χ4v) is 3.49. The van der Waals surface area contributed by atoms with Crippen LogP contribution >= 0.6 is 0 Å². The molecular formula is C26H30FNO2. The first-order valence-electron chi connectivity index (χ1n) is 10.4. The summed E-state index contributed by atoms with van der Waals surface area (Å²) >= 11 is 0. The second-order valence-electron chi connectivity index (χ2n) is 7.65. The Labute approximate surface area is 178 Å². The minimum absolute atomic E-state index is 0.176. The Morgan fingerprint density at radius 1 is 0.800 bits per heavy atom. The minimum atomic E-state index is -0.213. The van der Waals surface area contributed by atoms with Crippen molar-refractivity contribution in [3.8, 4) is 11.5 Å². The Hall–Kier alpha value is -2.85. The van der Waals surface area contributed by atoms with E-state index in [9.17, 15) is 4.39 Å². The van der Waals surface area contributed by atoms with Gasteiger partial charge in [0.25, 0.3) is 0 Å². The van der Waals surface area contributed by atoms with E-state index < -0.39 is 0 Å². The van der Waals surface area contributed by atoms with E-state index in [-0.39, 0.29) is 17.8 Å². The molecule has 0 radical (unpaired) electrons. The monoisotopic (exact) mass is 407 g/mol. The highest BCUT2D eigenvalue weighted by atomic mass is 19.1. The lowest BCUT2D eigenvalue weighted by Crippen LogP contribution is -2.18. The number of rotatable bonds is 10. The number of halogens is 1. The highest BCUT2D eigenvalue weighted by molar-refractivity contribution is 5.36. The van der Waals surface area contributed by atoms with Gasteiger partial charge in [0.2, 0.25) is 0 Å². The number of hydrogen-bond donors (Lipinski definition) is 1. The number of methoxy groups -OCH3 is 1. The van der Waals surface area contributed by atoms with Gasteiger partial charge in [-0.05, 0) is 79.9 Å². The molecule has 0 spiro atoms. The van der Waals surface area contributed by atoms with Crippen LogP contribution in [-0.4, -0.2) is 19.8 Å². The minimum Gasteiger partial charge on any atom is -0.497 e. The van der Waals surface area contributed by atoms with Crippen LogP contribution in [0.4, 0.5) is 4.39 Å². The maximum absolute atomic E-state index is 13.4. The topological polar surface area (TPSA) is 30.5 Å². The van der Waals surface area contributed by atoms with Crippen molar-refractivity contribution in [2.24, 2.45) is 0 Å². The normalized spacial score (nSPS) is 12.0. The smallest absolute Gasteiger partial charge is 0.123 e. The molecule has 0 heterocycles. The molecule has 0 bridgehead atoms. The summed E-state index contributed by atoms with van der Waals surface area (Å²) in [5, 5.41) is 3.53. The summed E-state index contributed by atoms with van der Waals surface area (Å²) in [6, 6.07) is 23.1. The van der Waals surface area contributed by atoms with Gasteiger partial charge in [-0.3, -0.25) is 0 Å². The molecule has 0 aromatic heterocycles. The molecular weight excluding hydrogens is 377 g/mol. The molecule has 4 heteroatoms. The maximum atomic E-state index is 13.4. The van der Waals surface area contributed by atoms with Crippen LogP contribution in [0, 0.1) is 5.82 Å². The molecule has 3 aromatic rings. The molecule has 0 amide bonds. The van der Waals surface area contributed by atoms with E-state index in [4.69, 9.17) is 9.47 Å². The predicted molar refractivity (Wildman–Crippen MR) is 120 cm³/mol. The summed E-state index contributed by atoms with van der Waals surface area (Å²) in [5.74, 6) is 1.70. The Kier molecular flexibility index (Phi) is 7.86. The summed E-state index contributed by atoms with van der Waals surface area (Å²) in [5.41, 5.74) is 3.52. The molecule has 0 saturated carbocycles. The third-order valence-electron chi connectivity index (χ3n) is 5.02. The summed E-state index contributed by atoms with van der Waals surface area (Å²) in [7, 11) is 1.66. The van der Waals surface area contributed by atoms with Gasteiger partial charge >= 0.3 is 0 Å². The Balaban J connectivity index is 1.61. The third-order valence-corrected chi connectivity index (χ3v) is 5.02. The highest BCUT2D eigenvalue weighted by Crippen LogP contribution is 2.29. The van der Waals surface area contributed by atoms with Gasteiger partial charge < -0.3 is 14.8 Å². The predicted octanol–water partition coefficient (Wildman–Crippen LogP) is 5.93. The van der Waals surface area contributed by atoms with E-state index in [2.05, 4.69) is 29.6 Å². The van der Waals surface area contributed by atoms with Gasteiger partial charge in [0, 0.05) is 12.5 Å². The van der Waals surface area contributed by atoms with Crippen molar-refractivity contribution in [3.05, 3.63) is 95.3 Å². The first kappa shape index (κ1) is 21.8. The fourth-order valence-electron chi connectivity index (χ4n) is 3.49. The molecule has 0 aliphatic carbocycles. The van der Waals surface area contributed by atoms with Crippen molar-refractivity contribution >= 4 is 0 Å². The van der Waals surface area contributed by atoms with Crippen LogP contribution in [0.2, 0.25) is 0 Å². The van der Waals surface area contributed by atoms with Crippen molar-refractivity contribution < 1.29 is 13.9 Å². The molecule has 0 aliphatic rings. The zero-order valence-corrected chi connectivity index (χ0v) is 17.9. The van der Waals surface area contributed by atoms with Gasteiger partial charge in [0.15, 0.2) is 0 Å². The first-order chi connectivity index (χ1) is 14.5. The van der Waals surface area contributed by atoms with Crippen molar-refractivity contribution in [1.29, 1.82) is 0 Å². The molecule has 0 aliphatic heterocycles. The van der Waals surface area contributed by atoms with E-state index in [1.807, 2.05) is 50.2 Å². The average Bonchev–Trinajstić information content (AvgIpc) is 2.76. The van der Waals surface area contributed by atoms with Crippen molar-refractivity contribution in [1.82, 2.24) is 5.32 Å². The first-order valence-corrected chi connectivity index (χ1v) is 10.4. The van der Waals surface area contributed by atoms with Gasteiger partial charge in [0.05, 0.1) is 13.2 Å². The van der Waals surface area contributed by atoms with Crippen LogP contribution in [0.5, 0.6) is 11.5 Å². The SMILES string of the molecule is COc1ccc(C(CCNCc2ccc(OC(C)C)cc2)c2ccc(F)cc2)cc1. The van der Waals surface area contributed by atoms with E-state index in [1.54, 1.807) is 7.11 Å². The van der Waals surface area contributed by atoms with Crippen molar-refractivity contribution in [3.63, 3.8) is 0 Å². The Bertz CT molecular complexity index is 890. The summed E-state index contributed by atoms with van der Waals surface area (Å²) in [6.45, 7) is 5.69.